The highest BCUT2D eigenvalue weighted by atomic mass is 127. The van der Waals surface area contributed by atoms with Gasteiger partial charge >= 0.3 is 0 Å². The molecule has 0 amide bonds. The largest absolute Gasteiger partial charge is 0.396 e. The van der Waals surface area contributed by atoms with Crippen LogP contribution in [0.4, 0.5) is 0 Å². The van der Waals surface area contributed by atoms with Crippen LogP contribution in [0.15, 0.2) is 35.3 Å². The number of unbranched alkanes of at least 4 members (excludes halogenated alkanes) is 1. The summed E-state index contributed by atoms with van der Waals surface area (Å²) < 4.78 is 0. The molecule has 0 spiro atoms. The van der Waals surface area contributed by atoms with Crippen molar-refractivity contribution in [1.29, 1.82) is 0 Å². The van der Waals surface area contributed by atoms with Crippen molar-refractivity contribution in [1.82, 2.24) is 15.5 Å². The molecule has 150 valence electrons. The van der Waals surface area contributed by atoms with Gasteiger partial charge in [-0.15, -0.1) is 24.0 Å². The first kappa shape index (κ1) is 25.1. The molecule has 5 nitrogen and oxygen atoms in total. The number of hydrogen-bond donors (Lipinski definition) is 3. The molecule has 0 aromatic heterocycles. The van der Waals surface area contributed by atoms with Crippen LogP contribution in [0.1, 0.15) is 45.1 Å². The predicted molar refractivity (Wildman–Crippen MR) is 123 cm³/mol. The van der Waals surface area contributed by atoms with Crippen LogP contribution in [0.25, 0.3) is 0 Å². The second kappa shape index (κ2) is 16.3. The molecule has 6 heteroatoms. The molecule has 0 aliphatic carbocycles. The lowest BCUT2D eigenvalue weighted by atomic mass is 10.0. The minimum atomic E-state index is 0. The average Bonchev–Trinajstić information content (AvgIpc) is 2.66. The molecule has 0 aliphatic rings. The maximum atomic E-state index is 9.65. The summed E-state index contributed by atoms with van der Waals surface area (Å²) in [6, 6.07) is 10.1. The molecule has 1 aromatic carbocycles. The zero-order valence-electron chi connectivity index (χ0n) is 16.6. The molecule has 0 bridgehead atoms. The van der Waals surface area contributed by atoms with E-state index in [2.05, 4.69) is 41.3 Å². The predicted octanol–water partition coefficient (Wildman–Crippen LogP) is 3.06. The molecule has 0 fully saturated rings. The molecular formula is C20H37IN4O. The molecule has 26 heavy (non-hydrogen) atoms. The lowest BCUT2D eigenvalue weighted by molar-refractivity contribution is 0.268. The Labute approximate surface area is 176 Å². The maximum absolute atomic E-state index is 9.65. The molecular weight excluding hydrogens is 439 g/mol. The van der Waals surface area contributed by atoms with Crippen molar-refractivity contribution in [3.63, 3.8) is 0 Å². The Morgan fingerprint density at radius 2 is 1.77 bits per heavy atom. The molecule has 0 saturated carbocycles. The number of aliphatic hydroxyl groups excluding tert-OH is 1. The van der Waals surface area contributed by atoms with Crippen LogP contribution in [0.2, 0.25) is 0 Å². The highest BCUT2D eigenvalue weighted by molar-refractivity contribution is 14.0. The van der Waals surface area contributed by atoms with Gasteiger partial charge in [-0.25, -0.2) is 0 Å². The van der Waals surface area contributed by atoms with E-state index in [4.69, 9.17) is 0 Å². The van der Waals surface area contributed by atoms with E-state index in [1.54, 1.807) is 0 Å². The van der Waals surface area contributed by atoms with E-state index < -0.39 is 0 Å². The molecule has 1 atom stereocenters. The van der Waals surface area contributed by atoms with E-state index in [0.717, 1.165) is 50.7 Å². The number of nitrogens with one attached hydrogen (secondary N) is 2. The average molecular weight is 476 g/mol. The smallest absolute Gasteiger partial charge is 0.191 e. The van der Waals surface area contributed by atoms with Crippen molar-refractivity contribution in [2.75, 3.05) is 45.9 Å². The fraction of sp³-hybridized carbons (Fsp3) is 0.650. The SMILES string of the molecule is CCNC(=NCC(CO)c1ccccc1)NCCCCN(CC)CC.I. The Bertz CT molecular complexity index is 466. The van der Waals surface area contributed by atoms with Gasteiger partial charge in [0.2, 0.25) is 0 Å². The van der Waals surface area contributed by atoms with Crippen molar-refractivity contribution < 1.29 is 5.11 Å². The summed E-state index contributed by atoms with van der Waals surface area (Å²) in [5.41, 5.74) is 1.13. The second-order valence-electron chi connectivity index (χ2n) is 6.17. The molecule has 3 N–H and O–H groups in total. The van der Waals surface area contributed by atoms with E-state index in [1.807, 2.05) is 30.3 Å². The van der Waals surface area contributed by atoms with Crippen LogP contribution in [0.3, 0.4) is 0 Å². The second-order valence-corrected chi connectivity index (χ2v) is 6.17. The number of hydrogen-bond acceptors (Lipinski definition) is 3. The first-order chi connectivity index (χ1) is 12.2. The van der Waals surface area contributed by atoms with E-state index >= 15 is 0 Å². The van der Waals surface area contributed by atoms with Gasteiger partial charge in [0, 0.05) is 19.0 Å². The molecule has 1 rings (SSSR count). The third-order valence-corrected chi connectivity index (χ3v) is 4.39. The molecule has 0 heterocycles. The Balaban J connectivity index is 0.00000625. The fourth-order valence-corrected chi connectivity index (χ4v) is 2.74. The Morgan fingerprint density at radius 3 is 2.35 bits per heavy atom. The number of aliphatic imine (C=N–C) groups is 1. The molecule has 1 aromatic rings. The summed E-state index contributed by atoms with van der Waals surface area (Å²) in [7, 11) is 0. The lowest BCUT2D eigenvalue weighted by Crippen LogP contribution is -2.38. The molecule has 0 saturated heterocycles. The number of nitrogens with zero attached hydrogens (tertiary/aromatic N) is 2. The number of benzene rings is 1. The minimum Gasteiger partial charge on any atom is -0.396 e. The monoisotopic (exact) mass is 476 g/mol. The Kier molecular flexibility index (Phi) is 15.8. The van der Waals surface area contributed by atoms with Gasteiger partial charge < -0.3 is 20.6 Å². The van der Waals surface area contributed by atoms with E-state index in [1.165, 1.54) is 6.42 Å². The van der Waals surface area contributed by atoms with Gasteiger partial charge in [-0.1, -0.05) is 44.2 Å². The fourth-order valence-electron chi connectivity index (χ4n) is 2.74. The standard InChI is InChI=1S/C20H36N4O.HI/c1-4-21-20(22-14-10-11-15-24(5-2)6-3)23-16-19(17-25)18-12-8-7-9-13-18;/h7-9,12-13,19,25H,4-6,10-11,14-17H2,1-3H3,(H2,21,22,23);1H. The van der Waals surface area contributed by atoms with Crippen molar-refractivity contribution in [2.45, 2.75) is 39.5 Å². The van der Waals surface area contributed by atoms with Crippen LogP contribution in [0.5, 0.6) is 0 Å². The first-order valence-corrected chi connectivity index (χ1v) is 9.65. The summed E-state index contributed by atoms with van der Waals surface area (Å²) in [4.78, 5) is 7.10. The van der Waals surface area contributed by atoms with Gasteiger partial charge in [0.25, 0.3) is 0 Å². The lowest BCUT2D eigenvalue weighted by Gasteiger charge is -2.18. The summed E-state index contributed by atoms with van der Waals surface area (Å²) in [6.45, 7) is 12.3. The normalized spacial score (nSPS) is 12.6. The first-order valence-electron chi connectivity index (χ1n) is 9.65. The van der Waals surface area contributed by atoms with Crippen molar-refractivity contribution in [2.24, 2.45) is 4.99 Å². The highest BCUT2D eigenvalue weighted by Gasteiger charge is 2.09. The maximum Gasteiger partial charge on any atom is 0.191 e. The Morgan fingerprint density at radius 1 is 1.08 bits per heavy atom. The molecule has 1 unspecified atom stereocenters. The molecule has 0 radical (unpaired) electrons. The zero-order valence-corrected chi connectivity index (χ0v) is 18.9. The van der Waals surface area contributed by atoms with Crippen LogP contribution in [-0.2, 0) is 0 Å². The highest BCUT2D eigenvalue weighted by Crippen LogP contribution is 2.14. The summed E-state index contributed by atoms with van der Waals surface area (Å²) in [5.74, 6) is 0.874. The Hall–Kier alpha value is -0.860. The topological polar surface area (TPSA) is 59.9 Å². The molecule has 0 aliphatic heterocycles. The van der Waals surface area contributed by atoms with Gasteiger partial charge in [0.05, 0.1) is 13.2 Å². The van der Waals surface area contributed by atoms with Crippen LogP contribution in [-0.4, -0.2) is 61.8 Å². The summed E-state index contributed by atoms with van der Waals surface area (Å²) in [6.07, 6.45) is 2.32. The van der Waals surface area contributed by atoms with Crippen molar-refractivity contribution in [3.8, 4) is 0 Å². The quantitative estimate of drug-likeness (QED) is 0.188. The van der Waals surface area contributed by atoms with Gasteiger partial charge in [0.1, 0.15) is 0 Å². The third-order valence-electron chi connectivity index (χ3n) is 4.39. The van der Waals surface area contributed by atoms with E-state index in [0.29, 0.717) is 6.54 Å². The van der Waals surface area contributed by atoms with E-state index in [-0.39, 0.29) is 36.5 Å². The summed E-state index contributed by atoms with van der Waals surface area (Å²) in [5, 5.41) is 16.3. The number of aliphatic hydroxyl groups is 1. The third kappa shape index (κ3) is 10.3. The van der Waals surface area contributed by atoms with Gasteiger partial charge in [-0.05, 0) is 45.0 Å². The van der Waals surface area contributed by atoms with Gasteiger partial charge in [0.15, 0.2) is 5.96 Å². The van der Waals surface area contributed by atoms with Crippen LogP contribution in [0, 0.1) is 0 Å². The van der Waals surface area contributed by atoms with Crippen molar-refractivity contribution >= 4 is 29.9 Å². The number of halogens is 1. The van der Waals surface area contributed by atoms with Crippen LogP contribution < -0.4 is 10.6 Å². The number of guanidine groups is 1. The minimum absolute atomic E-state index is 0. The van der Waals surface area contributed by atoms with Gasteiger partial charge in [-0.3, -0.25) is 4.99 Å². The number of rotatable bonds is 12. The van der Waals surface area contributed by atoms with Crippen molar-refractivity contribution in [3.05, 3.63) is 35.9 Å². The zero-order chi connectivity index (χ0) is 18.3. The van der Waals surface area contributed by atoms with Gasteiger partial charge in [-0.2, -0.15) is 0 Å². The van der Waals surface area contributed by atoms with E-state index in [9.17, 15) is 5.11 Å². The van der Waals surface area contributed by atoms with Crippen LogP contribution >= 0.6 is 24.0 Å². The summed E-state index contributed by atoms with van der Waals surface area (Å²) >= 11 is 0.